The van der Waals surface area contributed by atoms with E-state index in [2.05, 4.69) is 34.0 Å². The molecule has 2 rings (SSSR count). The van der Waals surface area contributed by atoms with Gasteiger partial charge in [0.1, 0.15) is 10.7 Å². The Morgan fingerprint density at radius 3 is 2.35 bits per heavy atom. The van der Waals surface area contributed by atoms with Crippen molar-refractivity contribution in [3.8, 4) is 0 Å². The zero-order valence-electron chi connectivity index (χ0n) is 19.3. The van der Waals surface area contributed by atoms with Crippen LogP contribution in [0.1, 0.15) is 46.0 Å². The highest BCUT2D eigenvalue weighted by Gasteiger charge is 2.50. The van der Waals surface area contributed by atoms with Crippen LogP contribution in [0.4, 0.5) is 5.82 Å². The summed E-state index contributed by atoms with van der Waals surface area (Å²) in [6, 6.07) is 2.37. The van der Waals surface area contributed by atoms with Crippen molar-refractivity contribution in [1.29, 1.82) is 0 Å². The van der Waals surface area contributed by atoms with Crippen molar-refractivity contribution >= 4 is 25.9 Å². The number of nitrogens with zero attached hydrogens (tertiary/aromatic N) is 3. The molecule has 1 fully saturated rings. The van der Waals surface area contributed by atoms with E-state index >= 15 is 0 Å². The summed E-state index contributed by atoms with van der Waals surface area (Å²) in [6.07, 6.45) is 7.12. The maximum absolute atomic E-state index is 12.7. The topological polar surface area (TPSA) is 112 Å². The molecule has 1 unspecified atom stereocenters. The number of hydrogen-bond acceptors (Lipinski definition) is 7. The van der Waals surface area contributed by atoms with Crippen LogP contribution in [0.5, 0.6) is 0 Å². The number of aromatic nitrogens is 1. The average Bonchev–Trinajstić information content (AvgIpc) is 2.82. The number of hydrogen-bond donors (Lipinski definition) is 2. The normalized spacial score (nSPS) is 20.9. The summed E-state index contributed by atoms with van der Waals surface area (Å²) in [5, 5.41) is 3.21. The molecule has 0 spiro atoms. The number of nitrogens with one attached hydrogen (secondary N) is 2. The van der Waals surface area contributed by atoms with Gasteiger partial charge >= 0.3 is 0 Å². The highest BCUT2D eigenvalue weighted by Crippen LogP contribution is 2.30. The standard InChI is InChI=1S/C20H37N5O4S2/c1-20(2)18(16-30(26,27)25(20)5)23-31(28,29)17-11-12-19(22-15-17)21-13-9-7-6-8-10-14-24(3)4/h11-12,15,18,23H,6-10,13-14,16H2,1-5H3,(H,21,22). The number of rotatable bonds is 12. The summed E-state index contributed by atoms with van der Waals surface area (Å²) in [5.74, 6) is 0.355. The minimum atomic E-state index is -3.88. The van der Waals surface area contributed by atoms with E-state index in [1.807, 2.05) is 0 Å². The van der Waals surface area contributed by atoms with E-state index in [4.69, 9.17) is 0 Å². The number of pyridine rings is 1. The van der Waals surface area contributed by atoms with Gasteiger partial charge in [-0.05, 0) is 59.5 Å². The summed E-state index contributed by atoms with van der Waals surface area (Å²) in [7, 11) is -1.73. The Morgan fingerprint density at radius 1 is 1.16 bits per heavy atom. The molecule has 1 aromatic heterocycles. The van der Waals surface area contributed by atoms with Crippen molar-refractivity contribution in [2.24, 2.45) is 0 Å². The fourth-order valence-corrected chi connectivity index (χ4v) is 6.89. The van der Waals surface area contributed by atoms with Crippen molar-refractivity contribution in [3.05, 3.63) is 18.3 Å². The maximum atomic E-state index is 12.7. The van der Waals surface area contributed by atoms with E-state index in [9.17, 15) is 16.8 Å². The van der Waals surface area contributed by atoms with Gasteiger partial charge in [-0.1, -0.05) is 19.3 Å². The molecule has 0 aliphatic carbocycles. The van der Waals surface area contributed by atoms with E-state index in [-0.39, 0.29) is 10.6 Å². The van der Waals surface area contributed by atoms with Crippen LogP contribution in [0, 0.1) is 0 Å². The highest BCUT2D eigenvalue weighted by molar-refractivity contribution is 7.90. The minimum Gasteiger partial charge on any atom is -0.370 e. The van der Waals surface area contributed by atoms with E-state index in [1.165, 1.54) is 42.9 Å². The molecule has 9 nitrogen and oxygen atoms in total. The van der Waals surface area contributed by atoms with Crippen LogP contribution < -0.4 is 10.0 Å². The summed E-state index contributed by atoms with van der Waals surface area (Å²) in [6.45, 7) is 5.32. The fraction of sp³-hybridized carbons (Fsp3) is 0.750. The second-order valence-corrected chi connectivity index (χ2v) is 12.7. The lowest BCUT2D eigenvalue weighted by Gasteiger charge is -2.31. The smallest absolute Gasteiger partial charge is 0.242 e. The molecular weight excluding hydrogens is 438 g/mol. The maximum Gasteiger partial charge on any atom is 0.242 e. The Labute approximate surface area is 187 Å². The van der Waals surface area contributed by atoms with Crippen LogP contribution in [-0.4, -0.2) is 82.6 Å². The van der Waals surface area contributed by atoms with Gasteiger partial charge < -0.3 is 10.2 Å². The van der Waals surface area contributed by atoms with Gasteiger partial charge in [0.15, 0.2) is 0 Å². The molecule has 0 aromatic carbocycles. The lowest BCUT2D eigenvalue weighted by atomic mass is 9.98. The quantitative estimate of drug-likeness (QED) is 0.443. The van der Waals surface area contributed by atoms with Crippen molar-refractivity contribution in [2.45, 2.75) is 62.4 Å². The van der Waals surface area contributed by atoms with Crippen molar-refractivity contribution in [1.82, 2.24) is 18.9 Å². The van der Waals surface area contributed by atoms with Gasteiger partial charge in [-0.15, -0.1) is 0 Å². The van der Waals surface area contributed by atoms with E-state index in [1.54, 1.807) is 19.9 Å². The Balaban J connectivity index is 1.83. The van der Waals surface area contributed by atoms with Gasteiger partial charge in [0.2, 0.25) is 20.0 Å². The van der Waals surface area contributed by atoms with Crippen LogP contribution >= 0.6 is 0 Å². The zero-order valence-corrected chi connectivity index (χ0v) is 20.9. The summed E-state index contributed by atoms with van der Waals surface area (Å²) in [5.41, 5.74) is -0.854. The van der Waals surface area contributed by atoms with Crippen molar-refractivity contribution in [3.63, 3.8) is 0 Å². The molecule has 11 heteroatoms. The first-order chi connectivity index (χ1) is 14.4. The highest BCUT2D eigenvalue weighted by atomic mass is 32.2. The monoisotopic (exact) mass is 475 g/mol. The van der Waals surface area contributed by atoms with Crippen LogP contribution in [0.15, 0.2) is 23.2 Å². The summed E-state index contributed by atoms with van der Waals surface area (Å²) in [4.78, 5) is 6.41. The Bertz CT molecular complexity index is 915. The Hall–Kier alpha value is -1.27. The van der Waals surface area contributed by atoms with Crippen LogP contribution in [0.2, 0.25) is 0 Å². The molecule has 0 radical (unpaired) electrons. The van der Waals surface area contributed by atoms with Crippen LogP contribution in [0.3, 0.4) is 0 Å². The summed E-state index contributed by atoms with van der Waals surface area (Å²) < 4.78 is 53.5. The average molecular weight is 476 g/mol. The Morgan fingerprint density at radius 2 is 1.81 bits per heavy atom. The molecule has 31 heavy (non-hydrogen) atoms. The third-order valence-corrected chi connectivity index (χ3v) is 9.41. The van der Waals surface area contributed by atoms with Crippen molar-refractivity contribution in [2.75, 3.05) is 45.3 Å². The predicted molar refractivity (Wildman–Crippen MR) is 124 cm³/mol. The molecule has 1 aromatic rings. The molecule has 1 aliphatic rings. The number of sulfonamides is 2. The number of unbranched alkanes of at least 4 members (excludes halogenated alkanes) is 4. The van der Waals surface area contributed by atoms with Gasteiger partial charge in [-0.3, -0.25) is 0 Å². The van der Waals surface area contributed by atoms with E-state index in [0.29, 0.717) is 5.82 Å². The van der Waals surface area contributed by atoms with Crippen LogP contribution in [-0.2, 0) is 20.0 Å². The van der Waals surface area contributed by atoms with Gasteiger partial charge in [0.05, 0.1) is 11.8 Å². The van der Waals surface area contributed by atoms with E-state index in [0.717, 1.165) is 25.9 Å². The van der Waals surface area contributed by atoms with Crippen LogP contribution in [0.25, 0.3) is 0 Å². The molecule has 1 atom stereocenters. The first-order valence-electron chi connectivity index (χ1n) is 10.7. The molecule has 178 valence electrons. The molecule has 0 bridgehead atoms. The first-order valence-corrected chi connectivity index (χ1v) is 13.8. The SMILES string of the molecule is CN(C)CCCCCCCNc1ccc(S(=O)(=O)NC2CS(=O)(=O)N(C)C2(C)C)cn1. The van der Waals surface area contributed by atoms with Gasteiger partial charge in [-0.25, -0.2) is 26.5 Å². The lowest BCUT2D eigenvalue weighted by Crippen LogP contribution is -2.52. The minimum absolute atomic E-state index is 0.0155. The molecule has 2 heterocycles. The second kappa shape index (κ2) is 10.6. The largest absolute Gasteiger partial charge is 0.370 e. The number of anilines is 1. The summed E-state index contributed by atoms with van der Waals surface area (Å²) >= 11 is 0. The first kappa shape index (κ1) is 26.0. The third kappa shape index (κ3) is 7.11. The fourth-order valence-electron chi connectivity index (χ4n) is 3.48. The predicted octanol–water partition coefficient (Wildman–Crippen LogP) is 1.71. The van der Waals surface area contributed by atoms with E-state index < -0.39 is 31.6 Å². The Kier molecular flexibility index (Phi) is 8.86. The lowest BCUT2D eigenvalue weighted by molar-refractivity contribution is 0.251. The second-order valence-electron chi connectivity index (χ2n) is 8.95. The van der Waals surface area contributed by atoms with Crippen molar-refractivity contribution < 1.29 is 16.8 Å². The third-order valence-electron chi connectivity index (χ3n) is 5.89. The number of likely N-dealkylation sites (N-methyl/N-ethyl adjacent to an activating group) is 1. The molecule has 0 saturated carbocycles. The van der Waals surface area contributed by atoms with Gasteiger partial charge in [0, 0.05) is 25.3 Å². The molecule has 1 aliphatic heterocycles. The molecule has 0 amide bonds. The molecule has 2 N–H and O–H groups in total. The van der Waals surface area contributed by atoms with Gasteiger partial charge in [-0.2, -0.15) is 4.31 Å². The molecular formula is C20H37N5O4S2. The molecule has 1 saturated heterocycles. The van der Waals surface area contributed by atoms with Gasteiger partial charge in [0.25, 0.3) is 0 Å². The zero-order chi connectivity index (χ0) is 23.3.